The fraction of sp³-hybridized carbons (Fsp3) is 0.385. The van der Waals surface area contributed by atoms with Crippen LogP contribution < -0.4 is 4.90 Å². The lowest BCUT2D eigenvalue weighted by atomic mass is 9.91. The highest BCUT2D eigenvalue weighted by molar-refractivity contribution is 7.07. The average Bonchev–Trinajstić information content (AvgIpc) is 2.94. The van der Waals surface area contributed by atoms with Crippen LogP contribution >= 0.6 is 11.3 Å². The van der Waals surface area contributed by atoms with Crippen molar-refractivity contribution in [2.45, 2.75) is 18.8 Å². The van der Waals surface area contributed by atoms with Crippen LogP contribution in [-0.4, -0.2) is 23.1 Å². The number of anilines is 1. The van der Waals surface area contributed by atoms with E-state index in [4.69, 9.17) is 0 Å². The zero-order valence-corrected chi connectivity index (χ0v) is 10.7. The predicted octanol–water partition coefficient (Wildman–Crippen LogP) is 3.06. The Morgan fingerprint density at radius 1 is 1.22 bits per heavy atom. The zero-order valence-electron chi connectivity index (χ0n) is 9.92. The van der Waals surface area contributed by atoms with Gasteiger partial charge in [0, 0.05) is 13.1 Å². The van der Waals surface area contributed by atoms with Gasteiger partial charge in [-0.2, -0.15) is 11.3 Å². The molecule has 1 aliphatic rings. The molecule has 94 valence electrons. The van der Waals surface area contributed by atoms with E-state index in [0.29, 0.717) is 11.9 Å². The quantitative estimate of drug-likeness (QED) is 0.834. The molecule has 0 unspecified atom stereocenters. The van der Waals surface area contributed by atoms with E-state index in [1.54, 1.807) is 11.3 Å². The third-order valence-electron chi connectivity index (χ3n) is 3.40. The van der Waals surface area contributed by atoms with Crippen molar-refractivity contribution in [3.05, 3.63) is 40.6 Å². The van der Waals surface area contributed by atoms with Crippen molar-refractivity contribution < 1.29 is 4.39 Å². The average molecular weight is 263 g/mol. The van der Waals surface area contributed by atoms with Gasteiger partial charge in [0.25, 0.3) is 0 Å². The summed E-state index contributed by atoms with van der Waals surface area (Å²) in [5.74, 6) is 0.903. The molecule has 2 aromatic heterocycles. The van der Waals surface area contributed by atoms with Crippen LogP contribution in [0.4, 0.5) is 10.3 Å². The Morgan fingerprint density at radius 2 is 1.94 bits per heavy atom. The number of halogens is 1. The second-order valence-corrected chi connectivity index (χ2v) is 5.30. The van der Waals surface area contributed by atoms with Gasteiger partial charge in [0.2, 0.25) is 5.95 Å². The number of piperidine rings is 1. The molecule has 3 heterocycles. The Morgan fingerprint density at radius 3 is 2.56 bits per heavy atom. The number of aromatic nitrogens is 2. The van der Waals surface area contributed by atoms with Crippen LogP contribution in [0.1, 0.15) is 24.3 Å². The molecule has 0 radical (unpaired) electrons. The number of thiophene rings is 1. The van der Waals surface area contributed by atoms with Gasteiger partial charge in [-0.15, -0.1) is 0 Å². The van der Waals surface area contributed by atoms with E-state index < -0.39 is 0 Å². The molecule has 0 spiro atoms. The van der Waals surface area contributed by atoms with E-state index in [1.165, 1.54) is 18.0 Å². The summed E-state index contributed by atoms with van der Waals surface area (Å²) < 4.78 is 12.8. The summed E-state index contributed by atoms with van der Waals surface area (Å²) in [6, 6.07) is 2.21. The van der Waals surface area contributed by atoms with Crippen LogP contribution in [0.2, 0.25) is 0 Å². The lowest BCUT2D eigenvalue weighted by Crippen LogP contribution is -2.34. The van der Waals surface area contributed by atoms with E-state index in [2.05, 4.69) is 31.7 Å². The summed E-state index contributed by atoms with van der Waals surface area (Å²) in [5.41, 5.74) is 1.44. The van der Waals surface area contributed by atoms with Gasteiger partial charge in [-0.1, -0.05) is 0 Å². The van der Waals surface area contributed by atoms with E-state index in [1.807, 2.05) is 0 Å². The lowest BCUT2D eigenvalue weighted by Gasteiger charge is -2.31. The monoisotopic (exact) mass is 263 g/mol. The molecular weight excluding hydrogens is 249 g/mol. The Hall–Kier alpha value is -1.49. The lowest BCUT2D eigenvalue weighted by molar-refractivity contribution is 0.499. The fourth-order valence-corrected chi connectivity index (χ4v) is 3.13. The van der Waals surface area contributed by atoms with E-state index in [9.17, 15) is 4.39 Å². The molecule has 3 nitrogen and oxygen atoms in total. The maximum Gasteiger partial charge on any atom is 0.225 e. The molecule has 1 fully saturated rings. The van der Waals surface area contributed by atoms with Gasteiger partial charge in [0.15, 0.2) is 5.82 Å². The number of hydrogen-bond acceptors (Lipinski definition) is 4. The SMILES string of the molecule is Fc1cnc(N2CCC(c3ccsc3)CC2)nc1. The van der Waals surface area contributed by atoms with Gasteiger partial charge in [-0.05, 0) is 41.1 Å². The van der Waals surface area contributed by atoms with Gasteiger partial charge in [-0.3, -0.25) is 0 Å². The summed E-state index contributed by atoms with van der Waals surface area (Å²) in [7, 11) is 0. The zero-order chi connectivity index (χ0) is 12.4. The first-order valence-corrected chi connectivity index (χ1v) is 7.02. The first-order valence-electron chi connectivity index (χ1n) is 6.07. The van der Waals surface area contributed by atoms with Crippen molar-refractivity contribution >= 4 is 17.3 Å². The fourth-order valence-electron chi connectivity index (χ4n) is 2.39. The molecule has 0 atom stereocenters. The highest BCUT2D eigenvalue weighted by Crippen LogP contribution is 2.30. The molecule has 1 aliphatic heterocycles. The minimum atomic E-state index is -0.382. The smallest absolute Gasteiger partial charge is 0.225 e. The van der Waals surface area contributed by atoms with E-state index in [-0.39, 0.29) is 5.82 Å². The summed E-state index contributed by atoms with van der Waals surface area (Å²) in [5, 5.41) is 4.36. The highest BCUT2D eigenvalue weighted by Gasteiger charge is 2.22. The molecule has 18 heavy (non-hydrogen) atoms. The standard InChI is InChI=1S/C13H14FN3S/c14-12-7-15-13(16-8-12)17-4-1-10(2-5-17)11-3-6-18-9-11/h3,6-10H,1-2,4-5H2. The normalized spacial score (nSPS) is 17.1. The van der Waals surface area contributed by atoms with E-state index >= 15 is 0 Å². The molecule has 5 heteroatoms. The largest absolute Gasteiger partial charge is 0.341 e. The van der Waals surface area contributed by atoms with Crippen molar-refractivity contribution in [3.8, 4) is 0 Å². The van der Waals surface area contributed by atoms with Crippen LogP contribution in [-0.2, 0) is 0 Å². The summed E-state index contributed by atoms with van der Waals surface area (Å²) in [6.07, 6.45) is 4.68. The number of nitrogens with zero attached hydrogens (tertiary/aromatic N) is 3. The van der Waals surface area contributed by atoms with Crippen molar-refractivity contribution in [2.24, 2.45) is 0 Å². The Bertz CT molecular complexity index is 489. The molecule has 0 aromatic carbocycles. The second-order valence-electron chi connectivity index (χ2n) is 4.52. The van der Waals surface area contributed by atoms with Gasteiger partial charge in [0.05, 0.1) is 12.4 Å². The minimum absolute atomic E-state index is 0.382. The van der Waals surface area contributed by atoms with E-state index in [0.717, 1.165) is 25.9 Å². The van der Waals surface area contributed by atoms with Crippen LogP contribution in [0.25, 0.3) is 0 Å². The van der Waals surface area contributed by atoms with Gasteiger partial charge in [-0.25, -0.2) is 14.4 Å². The molecule has 2 aromatic rings. The Balaban J connectivity index is 1.65. The van der Waals surface area contributed by atoms with Gasteiger partial charge in [0.1, 0.15) is 0 Å². The Labute approximate surface area is 109 Å². The van der Waals surface area contributed by atoms with Crippen LogP contribution in [0.5, 0.6) is 0 Å². The van der Waals surface area contributed by atoms with Crippen LogP contribution in [0, 0.1) is 5.82 Å². The Kier molecular flexibility index (Phi) is 3.23. The van der Waals surface area contributed by atoms with Crippen LogP contribution in [0.3, 0.4) is 0 Å². The van der Waals surface area contributed by atoms with Crippen molar-refractivity contribution in [1.82, 2.24) is 9.97 Å². The van der Waals surface area contributed by atoms with Gasteiger partial charge >= 0.3 is 0 Å². The molecule has 0 bridgehead atoms. The second kappa shape index (κ2) is 5.02. The summed E-state index contributed by atoms with van der Waals surface area (Å²) in [4.78, 5) is 10.2. The maximum atomic E-state index is 12.8. The first-order chi connectivity index (χ1) is 8.83. The van der Waals surface area contributed by atoms with Crippen molar-refractivity contribution in [2.75, 3.05) is 18.0 Å². The molecule has 0 amide bonds. The number of rotatable bonds is 2. The predicted molar refractivity (Wildman–Crippen MR) is 70.5 cm³/mol. The third-order valence-corrected chi connectivity index (χ3v) is 4.10. The molecule has 0 N–H and O–H groups in total. The topological polar surface area (TPSA) is 29.0 Å². The molecular formula is C13H14FN3S. The molecule has 0 aliphatic carbocycles. The highest BCUT2D eigenvalue weighted by atomic mass is 32.1. The first kappa shape index (κ1) is 11.6. The summed E-state index contributed by atoms with van der Waals surface area (Å²) >= 11 is 1.75. The van der Waals surface area contributed by atoms with Gasteiger partial charge < -0.3 is 4.90 Å². The van der Waals surface area contributed by atoms with Crippen LogP contribution in [0.15, 0.2) is 29.2 Å². The maximum absolute atomic E-state index is 12.8. The number of hydrogen-bond donors (Lipinski definition) is 0. The van der Waals surface area contributed by atoms with Crippen molar-refractivity contribution in [1.29, 1.82) is 0 Å². The summed E-state index contributed by atoms with van der Waals surface area (Å²) in [6.45, 7) is 1.87. The van der Waals surface area contributed by atoms with Crippen molar-refractivity contribution in [3.63, 3.8) is 0 Å². The molecule has 3 rings (SSSR count). The third kappa shape index (κ3) is 2.36. The minimum Gasteiger partial charge on any atom is -0.341 e. The molecule has 1 saturated heterocycles. The molecule has 0 saturated carbocycles.